The number of carbonyl (C=O) groups is 1. The molecule has 7 heteroatoms. The molecule has 1 amide bonds. The first-order chi connectivity index (χ1) is 11.9. The van der Waals surface area contributed by atoms with Crippen LogP contribution in [0.5, 0.6) is 0 Å². The number of unbranched alkanes of at least 4 members (excludes halogenated alkanes) is 1. The number of rotatable bonds is 8. The van der Waals surface area contributed by atoms with E-state index in [1.165, 1.54) is 12.1 Å². The zero-order valence-electron chi connectivity index (χ0n) is 13.5. The number of hydrogen-bond donors (Lipinski definition) is 1. The molecule has 6 nitrogen and oxygen atoms in total. The number of hydrogen-bond acceptors (Lipinski definition) is 5. The number of nitrogens with zero attached hydrogens (tertiary/aromatic N) is 1. The summed E-state index contributed by atoms with van der Waals surface area (Å²) in [5.41, 5.74) is 7.30. The van der Waals surface area contributed by atoms with Gasteiger partial charge in [-0.2, -0.15) is 13.7 Å². The van der Waals surface area contributed by atoms with Crippen LogP contribution < -0.4 is 5.73 Å². The molecule has 0 spiro atoms. The molecule has 0 aliphatic heterocycles. The van der Waals surface area contributed by atoms with Crippen LogP contribution in [-0.2, 0) is 19.1 Å². The van der Waals surface area contributed by atoms with Gasteiger partial charge in [-0.25, -0.2) is 0 Å². The molecule has 2 rings (SSSR count). The van der Waals surface area contributed by atoms with Gasteiger partial charge in [0.05, 0.1) is 23.1 Å². The highest BCUT2D eigenvalue weighted by Gasteiger charge is 2.15. The van der Waals surface area contributed by atoms with Gasteiger partial charge in [0.2, 0.25) is 5.91 Å². The number of amides is 1. The molecule has 2 aromatic carbocycles. The topological polar surface area (TPSA) is 110 Å². The molecule has 0 aliphatic carbocycles. The summed E-state index contributed by atoms with van der Waals surface area (Å²) < 4.78 is 29.2. The summed E-state index contributed by atoms with van der Waals surface area (Å²) >= 11 is 0. The standard InChI is InChI=1S/C18H18N2O4S/c19-13-14-4-6-15(7-5-14)16-8-10-17(11-9-16)25(22,23)24-12-2-1-3-18(20)21/h4-11H,1-3,12H2,(H2,20,21). The van der Waals surface area contributed by atoms with Gasteiger partial charge in [-0.05, 0) is 48.2 Å². The number of nitrogens with two attached hydrogens (primary N) is 1. The van der Waals surface area contributed by atoms with Crippen LogP contribution in [0.3, 0.4) is 0 Å². The Hall–Kier alpha value is -2.69. The summed E-state index contributed by atoms with van der Waals surface area (Å²) in [6.45, 7) is 0.00693. The first-order valence-electron chi connectivity index (χ1n) is 7.71. The van der Waals surface area contributed by atoms with Crippen LogP contribution in [0.2, 0.25) is 0 Å². The largest absolute Gasteiger partial charge is 0.370 e. The molecule has 25 heavy (non-hydrogen) atoms. The Balaban J connectivity index is 2.00. The smallest absolute Gasteiger partial charge is 0.296 e. The van der Waals surface area contributed by atoms with Crippen molar-refractivity contribution in [2.75, 3.05) is 6.61 Å². The first kappa shape index (κ1) is 18.6. The predicted octanol–water partition coefficient (Wildman–Crippen LogP) is 2.59. The summed E-state index contributed by atoms with van der Waals surface area (Å²) in [7, 11) is -3.83. The quantitative estimate of drug-likeness (QED) is 0.576. The second-order valence-electron chi connectivity index (χ2n) is 5.41. The average molecular weight is 358 g/mol. The summed E-state index contributed by atoms with van der Waals surface area (Å²) in [6, 6.07) is 15.4. The molecule has 0 saturated heterocycles. The van der Waals surface area contributed by atoms with Crippen molar-refractivity contribution < 1.29 is 17.4 Å². The minimum absolute atomic E-state index is 0.00693. The molecule has 0 unspecified atom stereocenters. The van der Waals surface area contributed by atoms with E-state index < -0.39 is 16.0 Å². The highest BCUT2D eigenvalue weighted by atomic mass is 32.2. The van der Waals surface area contributed by atoms with E-state index in [1.807, 2.05) is 6.07 Å². The molecule has 0 heterocycles. The second kappa shape index (κ2) is 8.42. The molecule has 130 valence electrons. The molecule has 0 saturated carbocycles. The fourth-order valence-electron chi connectivity index (χ4n) is 2.19. The van der Waals surface area contributed by atoms with E-state index in [2.05, 4.69) is 0 Å². The van der Waals surface area contributed by atoms with Crippen molar-refractivity contribution in [2.24, 2.45) is 5.73 Å². The molecule has 0 radical (unpaired) electrons. The van der Waals surface area contributed by atoms with Gasteiger partial charge in [0.1, 0.15) is 0 Å². The Morgan fingerprint density at radius 1 is 1.00 bits per heavy atom. The molecule has 0 aromatic heterocycles. The number of carbonyl (C=O) groups excluding carboxylic acids is 1. The van der Waals surface area contributed by atoms with Crippen LogP contribution in [0, 0.1) is 11.3 Å². The van der Waals surface area contributed by atoms with Crippen LogP contribution in [0.15, 0.2) is 53.4 Å². The van der Waals surface area contributed by atoms with Crippen LogP contribution in [0.1, 0.15) is 24.8 Å². The fourth-order valence-corrected chi connectivity index (χ4v) is 3.13. The molecular weight excluding hydrogens is 340 g/mol. The van der Waals surface area contributed by atoms with Crippen molar-refractivity contribution in [3.05, 3.63) is 54.1 Å². The van der Waals surface area contributed by atoms with Crippen molar-refractivity contribution in [1.29, 1.82) is 5.26 Å². The third-order valence-electron chi connectivity index (χ3n) is 3.55. The molecule has 2 aromatic rings. The number of nitriles is 1. The van der Waals surface area contributed by atoms with E-state index in [-0.39, 0.29) is 17.9 Å². The Bertz CT molecular complexity index is 867. The zero-order chi connectivity index (χ0) is 18.3. The molecule has 0 bridgehead atoms. The lowest BCUT2D eigenvalue weighted by Crippen LogP contribution is -2.11. The highest BCUT2D eigenvalue weighted by Crippen LogP contribution is 2.22. The maximum absolute atomic E-state index is 12.1. The van der Waals surface area contributed by atoms with Crippen molar-refractivity contribution in [1.82, 2.24) is 0 Å². The van der Waals surface area contributed by atoms with Gasteiger partial charge in [0.15, 0.2) is 0 Å². The Morgan fingerprint density at radius 2 is 1.56 bits per heavy atom. The maximum atomic E-state index is 12.1. The summed E-state index contributed by atoms with van der Waals surface area (Å²) in [5.74, 6) is -0.416. The summed E-state index contributed by atoms with van der Waals surface area (Å²) in [6.07, 6.45) is 1.14. The predicted molar refractivity (Wildman–Crippen MR) is 92.8 cm³/mol. The third kappa shape index (κ3) is 5.41. The second-order valence-corrected chi connectivity index (χ2v) is 7.03. The van der Waals surface area contributed by atoms with E-state index in [9.17, 15) is 13.2 Å². The molecule has 0 fully saturated rings. The van der Waals surface area contributed by atoms with Crippen molar-refractivity contribution in [2.45, 2.75) is 24.2 Å². The Morgan fingerprint density at radius 3 is 2.08 bits per heavy atom. The molecular formula is C18H18N2O4S. The van der Waals surface area contributed by atoms with Crippen molar-refractivity contribution in [3.8, 4) is 17.2 Å². The van der Waals surface area contributed by atoms with Gasteiger partial charge in [-0.1, -0.05) is 24.3 Å². The molecule has 0 aliphatic rings. The Labute approximate surface area is 147 Å². The lowest BCUT2D eigenvalue weighted by Gasteiger charge is -2.07. The minimum atomic E-state index is -3.83. The lowest BCUT2D eigenvalue weighted by molar-refractivity contribution is -0.118. The molecule has 2 N–H and O–H groups in total. The van der Waals surface area contributed by atoms with Gasteiger partial charge >= 0.3 is 0 Å². The van der Waals surface area contributed by atoms with Crippen LogP contribution in [-0.4, -0.2) is 20.9 Å². The normalized spacial score (nSPS) is 11.0. The molecule has 0 atom stereocenters. The number of benzene rings is 2. The van der Waals surface area contributed by atoms with Crippen molar-refractivity contribution >= 4 is 16.0 Å². The summed E-state index contributed by atoms with van der Waals surface area (Å²) in [4.78, 5) is 10.7. The van der Waals surface area contributed by atoms with Crippen molar-refractivity contribution in [3.63, 3.8) is 0 Å². The number of primary amides is 1. The van der Waals surface area contributed by atoms with Gasteiger partial charge in [-0.3, -0.25) is 8.98 Å². The van der Waals surface area contributed by atoms with E-state index in [0.717, 1.165) is 11.1 Å². The van der Waals surface area contributed by atoms with E-state index in [4.69, 9.17) is 15.2 Å². The van der Waals surface area contributed by atoms with Gasteiger partial charge in [0.25, 0.3) is 10.1 Å². The fraction of sp³-hybridized carbons (Fsp3) is 0.222. The van der Waals surface area contributed by atoms with E-state index in [0.29, 0.717) is 18.4 Å². The minimum Gasteiger partial charge on any atom is -0.370 e. The van der Waals surface area contributed by atoms with Gasteiger partial charge in [-0.15, -0.1) is 0 Å². The van der Waals surface area contributed by atoms with Gasteiger partial charge < -0.3 is 5.73 Å². The zero-order valence-corrected chi connectivity index (χ0v) is 14.3. The highest BCUT2D eigenvalue weighted by molar-refractivity contribution is 7.86. The Kier molecular flexibility index (Phi) is 6.28. The monoisotopic (exact) mass is 358 g/mol. The SMILES string of the molecule is N#Cc1ccc(-c2ccc(S(=O)(=O)OCCCCC(N)=O)cc2)cc1. The van der Waals surface area contributed by atoms with Crippen LogP contribution in [0.4, 0.5) is 0 Å². The average Bonchev–Trinajstić information content (AvgIpc) is 2.61. The maximum Gasteiger partial charge on any atom is 0.296 e. The van der Waals surface area contributed by atoms with E-state index in [1.54, 1.807) is 36.4 Å². The van der Waals surface area contributed by atoms with Gasteiger partial charge in [0, 0.05) is 6.42 Å². The van der Waals surface area contributed by atoms with Crippen LogP contribution in [0.25, 0.3) is 11.1 Å². The third-order valence-corrected chi connectivity index (χ3v) is 4.87. The lowest BCUT2D eigenvalue weighted by atomic mass is 10.0. The van der Waals surface area contributed by atoms with Crippen LogP contribution >= 0.6 is 0 Å². The summed E-state index contributed by atoms with van der Waals surface area (Å²) in [5, 5.41) is 8.80. The van der Waals surface area contributed by atoms with E-state index >= 15 is 0 Å². The first-order valence-corrected chi connectivity index (χ1v) is 9.11.